The number of nitrogens with two attached hydrogens (primary N) is 1. The van der Waals surface area contributed by atoms with Gasteiger partial charge in [-0.1, -0.05) is 13.8 Å². The number of rotatable bonds is 6. The fraction of sp³-hybridized carbons (Fsp3) is 0.636. The van der Waals surface area contributed by atoms with Crippen LogP contribution >= 0.6 is 11.3 Å². The molecule has 1 amide bonds. The first-order valence-corrected chi connectivity index (χ1v) is 6.39. The maximum absolute atomic E-state index is 11.5. The summed E-state index contributed by atoms with van der Waals surface area (Å²) in [5.41, 5.74) is 6.65. The van der Waals surface area contributed by atoms with Crippen LogP contribution in [-0.4, -0.2) is 30.6 Å². The largest absolute Gasteiger partial charge is 0.383 e. The predicted octanol–water partition coefficient (Wildman–Crippen LogP) is 0.856. The van der Waals surface area contributed by atoms with Gasteiger partial charge in [-0.15, -0.1) is 11.3 Å². The number of carbonyl (C=O) groups is 1. The highest BCUT2D eigenvalue weighted by atomic mass is 32.1. The summed E-state index contributed by atoms with van der Waals surface area (Å²) in [5.74, 6) is 0.194. The van der Waals surface area contributed by atoms with E-state index < -0.39 is 6.04 Å². The third kappa shape index (κ3) is 4.41. The van der Waals surface area contributed by atoms with Crippen molar-refractivity contribution in [1.82, 2.24) is 10.3 Å². The zero-order chi connectivity index (χ0) is 12.8. The van der Waals surface area contributed by atoms with Gasteiger partial charge in [0.15, 0.2) is 0 Å². The van der Waals surface area contributed by atoms with E-state index in [0.29, 0.717) is 12.5 Å². The lowest BCUT2D eigenvalue weighted by molar-refractivity contribution is -0.123. The molecule has 0 aromatic carbocycles. The van der Waals surface area contributed by atoms with Gasteiger partial charge in [-0.25, -0.2) is 4.98 Å². The number of aromatic nitrogens is 1. The van der Waals surface area contributed by atoms with E-state index in [-0.39, 0.29) is 12.5 Å². The van der Waals surface area contributed by atoms with Crippen LogP contribution in [0.15, 0.2) is 5.38 Å². The topological polar surface area (TPSA) is 77.2 Å². The van der Waals surface area contributed by atoms with Crippen LogP contribution in [0.1, 0.15) is 30.5 Å². The number of methoxy groups -OCH3 is 1. The summed E-state index contributed by atoms with van der Waals surface area (Å²) in [4.78, 5) is 15.9. The van der Waals surface area contributed by atoms with E-state index in [1.807, 2.05) is 5.38 Å². The highest BCUT2D eigenvalue weighted by Gasteiger charge is 2.13. The van der Waals surface area contributed by atoms with E-state index in [1.165, 1.54) is 7.11 Å². The Hall–Kier alpha value is -0.980. The first-order chi connectivity index (χ1) is 8.04. The number of thiazole rings is 1. The lowest BCUT2D eigenvalue weighted by Crippen LogP contribution is -2.43. The lowest BCUT2D eigenvalue weighted by Gasteiger charge is -2.09. The standard InChI is InChI=1S/C11H19N3O2S/c1-7(2)9-6-17-10(14-9)4-13-11(15)8(12)5-16-3/h6-8H,4-5,12H2,1-3H3,(H,13,15). The number of nitrogens with zero attached hydrogens (tertiary/aromatic N) is 1. The van der Waals surface area contributed by atoms with Crippen molar-refractivity contribution in [1.29, 1.82) is 0 Å². The van der Waals surface area contributed by atoms with Gasteiger partial charge >= 0.3 is 0 Å². The van der Waals surface area contributed by atoms with Gasteiger partial charge in [-0.3, -0.25) is 4.79 Å². The molecule has 0 saturated heterocycles. The minimum Gasteiger partial charge on any atom is -0.383 e. The SMILES string of the molecule is COCC(N)C(=O)NCc1nc(C(C)C)cs1. The maximum Gasteiger partial charge on any atom is 0.239 e. The van der Waals surface area contributed by atoms with Crippen molar-refractivity contribution < 1.29 is 9.53 Å². The Morgan fingerprint density at radius 2 is 2.35 bits per heavy atom. The summed E-state index contributed by atoms with van der Waals surface area (Å²) in [5, 5.41) is 5.65. The third-order valence-electron chi connectivity index (χ3n) is 2.26. The molecule has 0 radical (unpaired) electrons. The summed E-state index contributed by atoms with van der Waals surface area (Å²) in [7, 11) is 1.52. The van der Waals surface area contributed by atoms with Crippen LogP contribution in [0.3, 0.4) is 0 Å². The van der Waals surface area contributed by atoms with Gasteiger partial charge in [0.05, 0.1) is 18.8 Å². The summed E-state index contributed by atoms with van der Waals surface area (Å²) in [6.45, 7) is 4.83. The number of carbonyl (C=O) groups excluding carboxylic acids is 1. The van der Waals surface area contributed by atoms with Crippen molar-refractivity contribution in [3.8, 4) is 0 Å². The molecule has 0 aliphatic carbocycles. The van der Waals surface area contributed by atoms with Crippen molar-refractivity contribution in [2.75, 3.05) is 13.7 Å². The molecule has 3 N–H and O–H groups in total. The van der Waals surface area contributed by atoms with E-state index in [2.05, 4.69) is 24.1 Å². The fourth-order valence-corrected chi connectivity index (χ4v) is 2.12. The Kier molecular flexibility index (Phi) is 5.54. The van der Waals surface area contributed by atoms with Gasteiger partial charge in [0, 0.05) is 12.5 Å². The number of hydrogen-bond donors (Lipinski definition) is 2. The van der Waals surface area contributed by atoms with Crippen molar-refractivity contribution in [3.63, 3.8) is 0 Å². The molecule has 17 heavy (non-hydrogen) atoms. The van der Waals surface area contributed by atoms with Crippen molar-refractivity contribution in [2.45, 2.75) is 32.4 Å². The molecule has 0 aliphatic rings. The van der Waals surface area contributed by atoms with E-state index in [4.69, 9.17) is 10.5 Å². The van der Waals surface area contributed by atoms with Crippen LogP contribution in [0, 0.1) is 0 Å². The fourth-order valence-electron chi connectivity index (χ4n) is 1.22. The summed E-state index contributed by atoms with van der Waals surface area (Å²) in [6, 6.07) is -0.621. The Labute approximate surface area is 105 Å². The third-order valence-corrected chi connectivity index (χ3v) is 3.12. The molecule has 1 atom stereocenters. The van der Waals surface area contributed by atoms with Crippen LogP contribution in [0.4, 0.5) is 0 Å². The first-order valence-electron chi connectivity index (χ1n) is 5.51. The summed E-state index contributed by atoms with van der Waals surface area (Å²) >= 11 is 1.55. The van der Waals surface area contributed by atoms with E-state index >= 15 is 0 Å². The van der Waals surface area contributed by atoms with Crippen molar-refractivity contribution in [2.24, 2.45) is 5.73 Å². The molecule has 1 aromatic heterocycles. The average Bonchev–Trinajstić information content (AvgIpc) is 2.75. The minimum atomic E-state index is -0.621. The van der Waals surface area contributed by atoms with E-state index in [0.717, 1.165) is 10.7 Å². The Morgan fingerprint density at radius 1 is 1.65 bits per heavy atom. The zero-order valence-corrected chi connectivity index (χ0v) is 11.2. The number of ether oxygens (including phenoxy) is 1. The van der Waals surface area contributed by atoms with E-state index in [1.54, 1.807) is 11.3 Å². The highest BCUT2D eigenvalue weighted by molar-refractivity contribution is 7.09. The Bertz CT molecular complexity index is 365. The van der Waals surface area contributed by atoms with Gasteiger partial charge in [0.1, 0.15) is 11.0 Å². The van der Waals surface area contributed by atoms with Crippen LogP contribution in [0.2, 0.25) is 0 Å². The molecule has 6 heteroatoms. The highest BCUT2D eigenvalue weighted by Crippen LogP contribution is 2.17. The summed E-state index contributed by atoms with van der Waals surface area (Å²) < 4.78 is 4.81. The molecule has 0 saturated carbocycles. The lowest BCUT2D eigenvalue weighted by atomic mass is 10.2. The molecule has 1 unspecified atom stereocenters. The molecule has 1 heterocycles. The molecular weight excluding hydrogens is 238 g/mol. The van der Waals surface area contributed by atoms with Gasteiger partial charge in [0.2, 0.25) is 5.91 Å². The molecule has 1 rings (SSSR count). The van der Waals surface area contributed by atoms with Gasteiger partial charge in [-0.2, -0.15) is 0 Å². The molecule has 5 nitrogen and oxygen atoms in total. The number of amides is 1. The van der Waals surface area contributed by atoms with Crippen LogP contribution in [-0.2, 0) is 16.1 Å². The second-order valence-electron chi connectivity index (χ2n) is 4.10. The van der Waals surface area contributed by atoms with Gasteiger partial charge in [-0.05, 0) is 5.92 Å². The van der Waals surface area contributed by atoms with Crippen LogP contribution in [0.5, 0.6) is 0 Å². The Balaban J connectivity index is 2.41. The molecule has 0 spiro atoms. The molecule has 96 valence electrons. The Morgan fingerprint density at radius 3 is 2.88 bits per heavy atom. The van der Waals surface area contributed by atoms with Crippen molar-refractivity contribution in [3.05, 3.63) is 16.1 Å². The van der Waals surface area contributed by atoms with E-state index in [9.17, 15) is 4.79 Å². The van der Waals surface area contributed by atoms with Gasteiger partial charge in [0.25, 0.3) is 0 Å². The van der Waals surface area contributed by atoms with Crippen LogP contribution in [0.25, 0.3) is 0 Å². The second-order valence-corrected chi connectivity index (χ2v) is 5.04. The molecule has 0 aliphatic heterocycles. The normalized spacial score (nSPS) is 12.8. The predicted molar refractivity (Wildman–Crippen MR) is 67.9 cm³/mol. The molecule has 0 bridgehead atoms. The number of nitrogens with one attached hydrogen (secondary N) is 1. The molecule has 0 fully saturated rings. The molecular formula is C11H19N3O2S. The summed E-state index contributed by atoms with van der Waals surface area (Å²) in [6.07, 6.45) is 0. The van der Waals surface area contributed by atoms with Crippen LogP contribution < -0.4 is 11.1 Å². The minimum absolute atomic E-state index is 0.215. The first kappa shape index (κ1) is 14.1. The average molecular weight is 257 g/mol. The number of hydrogen-bond acceptors (Lipinski definition) is 5. The van der Waals surface area contributed by atoms with Crippen molar-refractivity contribution >= 4 is 17.2 Å². The quantitative estimate of drug-likeness (QED) is 0.792. The zero-order valence-electron chi connectivity index (χ0n) is 10.4. The molecule has 1 aromatic rings. The maximum atomic E-state index is 11.5. The smallest absolute Gasteiger partial charge is 0.239 e. The second kappa shape index (κ2) is 6.68. The van der Waals surface area contributed by atoms with Gasteiger partial charge < -0.3 is 15.8 Å². The monoisotopic (exact) mass is 257 g/mol.